The van der Waals surface area contributed by atoms with E-state index in [1.165, 1.54) is 10.9 Å². The van der Waals surface area contributed by atoms with Gasteiger partial charge in [-0.05, 0) is 25.5 Å². The van der Waals surface area contributed by atoms with Gasteiger partial charge in [-0.3, -0.25) is 9.58 Å². The first-order valence-electron chi connectivity index (χ1n) is 7.97. The SMILES string of the molecule is CCN(Cc1nn(C)c2ccccc12)C(CC)(CC)CN. The largest absolute Gasteiger partial charge is 0.329 e. The van der Waals surface area contributed by atoms with Crippen LogP contribution >= 0.6 is 0 Å². The van der Waals surface area contributed by atoms with E-state index >= 15 is 0 Å². The number of aromatic nitrogens is 2. The summed E-state index contributed by atoms with van der Waals surface area (Å²) < 4.78 is 1.97. The maximum atomic E-state index is 6.11. The minimum Gasteiger partial charge on any atom is -0.329 e. The zero-order valence-corrected chi connectivity index (χ0v) is 13.8. The molecular weight excluding hydrogens is 260 g/mol. The summed E-state index contributed by atoms with van der Waals surface area (Å²) in [4.78, 5) is 2.49. The number of hydrogen-bond acceptors (Lipinski definition) is 3. The smallest absolute Gasteiger partial charge is 0.0843 e. The van der Waals surface area contributed by atoms with Crippen molar-refractivity contribution in [3.8, 4) is 0 Å². The first-order valence-corrected chi connectivity index (χ1v) is 7.97. The molecule has 0 spiro atoms. The second kappa shape index (κ2) is 6.58. The molecule has 0 aliphatic carbocycles. The minimum absolute atomic E-state index is 0.0768. The molecule has 4 nitrogen and oxygen atoms in total. The molecule has 2 aromatic rings. The number of rotatable bonds is 7. The molecule has 0 radical (unpaired) electrons. The molecule has 0 saturated carbocycles. The van der Waals surface area contributed by atoms with Gasteiger partial charge in [0.15, 0.2) is 0 Å². The van der Waals surface area contributed by atoms with E-state index in [2.05, 4.69) is 49.9 Å². The van der Waals surface area contributed by atoms with Crippen molar-refractivity contribution in [1.29, 1.82) is 0 Å². The Bertz CT molecular complexity index is 575. The molecular formula is C17H28N4. The van der Waals surface area contributed by atoms with Crippen molar-refractivity contribution in [3.05, 3.63) is 30.0 Å². The van der Waals surface area contributed by atoms with Gasteiger partial charge in [-0.25, -0.2) is 0 Å². The highest BCUT2D eigenvalue weighted by molar-refractivity contribution is 5.81. The molecule has 116 valence electrons. The summed E-state index contributed by atoms with van der Waals surface area (Å²) in [6, 6.07) is 8.43. The van der Waals surface area contributed by atoms with E-state index in [-0.39, 0.29) is 5.54 Å². The van der Waals surface area contributed by atoms with Gasteiger partial charge in [-0.15, -0.1) is 0 Å². The summed E-state index contributed by atoms with van der Waals surface area (Å²) in [7, 11) is 2.01. The third kappa shape index (κ3) is 2.83. The van der Waals surface area contributed by atoms with Crippen LogP contribution in [0.2, 0.25) is 0 Å². The van der Waals surface area contributed by atoms with Gasteiger partial charge in [-0.2, -0.15) is 5.10 Å². The molecule has 4 heteroatoms. The Balaban J connectivity index is 2.37. The maximum absolute atomic E-state index is 6.11. The second-order valence-electron chi connectivity index (χ2n) is 5.74. The molecule has 1 heterocycles. The number of nitrogens with zero attached hydrogens (tertiary/aromatic N) is 3. The molecule has 0 saturated heterocycles. The molecule has 0 atom stereocenters. The summed E-state index contributed by atoms with van der Waals surface area (Å²) in [5.41, 5.74) is 8.52. The molecule has 0 aliphatic rings. The van der Waals surface area contributed by atoms with E-state index in [4.69, 9.17) is 10.8 Å². The summed E-state index contributed by atoms with van der Waals surface area (Å²) in [6.07, 6.45) is 2.14. The van der Waals surface area contributed by atoms with Crippen LogP contribution < -0.4 is 5.73 Å². The van der Waals surface area contributed by atoms with Crippen LogP contribution in [0.15, 0.2) is 24.3 Å². The standard InChI is InChI=1S/C17H28N4/c1-5-17(6-2,13-18)21(7-3)12-15-14-10-8-9-11-16(14)20(4)19-15/h8-11H,5-7,12-13,18H2,1-4H3. The van der Waals surface area contributed by atoms with Crippen LogP contribution in [0, 0.1) is 0 Å². The van der Waals surface area contributed by atoms with Gasteiger partial charge in [0.1, 0.15) is 0 Å². The minimum atomic E-state index is 0.0768. The Morgan fingerprint density at radius 3 is 2.43 bits per heavy atom. The van der Waals surface area contributed by atoms with E-state index in [0.717, 1.165) is 31.6 Å². The number of nitrogens with two attached hydrogens (primary N) is 1. The number of hydrogen-bond donors (Lipinski definition) is 1. The zero-order valence-electron chi connectivity index (χ0n) is 13.8. The number of benzene rings is 1. The Hall–Kier alpha value is -1.39. The summed E-state index contributed by atoms with van der Waals surface area (Å²) in [5, 5.41) is 5.97. The van der Waals surface area contributed by atoms with Crippen LogP contribution in [-0.2, 0) is 13.6 Å². The first kappa shape index (κ1) is 16.0. The van der Waals surface area contributed by atoms with Gasteiger partial charge in [0.2, 0.25) is 0 Å². The monoisotopic (exact) mass is 288 g/mol. The molecule has 1 aromatic heterocycles. The van der Waals surface area contributed by atoms with Crippen molar-refractivity contribution >= 4 is 10.9 Å². The van der Waals surface area contributed by atoms with Gasteiger partial charge in [-0.1, -0.05) is 39.0 Å². The predicted molar refractivity (Wildman–Crippen MR) is 89.2 cm³/mol. The Morgan fingerprint density at radius 1 is 1.19 bits per heavy atom. The highest BCUT2D eigenvalue weighted by Crippen LogP contribution is 2.27. The van der Waals surface area contributed by atoms with E-state index in [9.17, 15) is 0 Å². The lowest BCUT2D eigenvalue weighted by molar-refractivity contribution is 0.0817. The molecule has 0 aliphatic heterocycles. The van der Waals surface area contributed by atoms with Crippen LogP contribution in [0.4, 0.5) is 0 Å². The number of para-hydroxylation sites is 1. The molecule has 21 heavy (non-hydrogen) atoms. The van der Waals surface area contributed by atoms with E-state index in [1.807, 2.05) is 11.7 Å². The van der Waals surface area contributed by atoms with Crippen LogP contribution in [0.3, 0.4) is 0 Å². The average Bonchev–Trinajstić information content (AvgIpc) is 2.85. The summed E-state index contributed by atoms with van der Waals surface area (Å²) in [5.74, 6) is 0. The van der Waals surface area contributed by atoms with Gasteiger partial charge in [0.25, 0.3) is 0 Å². The Morgan fingerprint density at radius 2 is 1.86 bits per heavy atom. The van der Waals surface area contributed by atoms with Crippen LogP contribution in [0.5, 0.6) is 0 Å². The molecule has 0 unspecified atom stereocenters. The lowest BCUT2D eigenvalue weighted by atomic mass is 9.90. The average molecular weight is 288 g/mol. The first-order chi connectivity index (χ1) is 10.1. The fraction of sp³-hybridized carbons (Fsp3) is 0.588. The third-order valence-electron chi connectivity index (χ3n) is 4.92. The lowest BCUT2D eigenvalue weighted by Crippen LogP contribution is -2.52. The molecule has 0 amide bonds. The van der Waals surface area contributed by atoms with Crippen molar-refractivity contribution in [2.24, 2.45) is 12.8 Å². The second-order valence-corrected chi connectivity index (χ2v) is 5.74. The van der Waals surface area contributed by atoms with Gasteiger partial charge >= 0.3 is 0 Å². The summed E-state index contributed by atoms with van der Waals surface area (Å²) >= 11 is 0. The fourth-order valence-electron chi connectivity index (χ4n) is 3.32. The predicted octanol–water partition coefficient (Wildman–Crippen LogP) is 2.91. The fourth-order valence-corrected chi connectivity index (χ4v) is 3.32. The number of likely N-dealkylation sites (N-methyl/N-ethyl adjacent to an activating group) is 1. The number of fused-ring (bicyclic) bond motifs is 1. The number of aryl methyl sites for hydroxylation is 1. The van der Waals surface area contributed by atoms with Crippen molar-refractivity contribution < 1.29 is 0 Å². The van der Waals surface area contributed by atoms with Crippen molar-refractivity contribution in [2.75, 3.05) is 13.1 Å². The van der Waals surface area contributed by atoms with Crippen LogP contribution in [0.25, 0.3) is 10.9 Å². The van der Waals surface area contributed by atoms with E-state index < -0.39 is 0 Å². The maximum Gasteiger partial charge on any atom is 0.0843 e. The Kier molecular flexibility index (Phi) is 5.01. The normalized spacial score (nSPS) is 12.5. The van der Waals surface area contributed by atoms with Crippen molar-refractivity contribution in [1.82, 2.24) is 14.7 Å². The van der Waals surface area contributed by atoms with Gasteiger partial charge in [0.05, 0.1) is 11.2 Å². The zero-order chi connectivity index (χ0) is 15.5. The quantitative estimate of drug-likeness (QED) is 0.852. The third-order valence-corrected chi connectivity index (χ3v) is 4.92. The lowest BCUT2D eigenvalue weighted by Gasteiger charge is -2.41. The van der Waals surface area contributed by atoms with Crippen LogP contribution in [-0.4, -0.2) is 33.3 Å². The molecule has 0 fully saturated rings. The topological polar surface area (TPSA) is 47.1 Å². The molecule has 1 aromatic carbocycles. The molecule has 0 bridgehead atoms. The highest BCUT2D eigenvalue weighted by atomic mass is 15.3. The van der Waals surface area contributed by atoms with E-state index in [0.29, 0.717) is 6.54 Å². The van der Waals surface area contributed by atoms with Gasteiger partial charge in [0, 0.05) is 31.1 Å². The molecule has 2 N–H and O–H groups in total. The highest BCUT2D eigenvalue weighted by Gasteiger charge is 2.31. The van der Waals surface area contributed by atoms with Gasteiger partial charge < -0.3 is 5.73 Å². The Labute approximate surface area is 127 Å². The van der Waals surface area contributed by atoms with E-state index in [1.54, 1.807) is 0 Å². The van der Waals surface area contributed by atoms with Crippen molar-refractivity contribution in [2.45, 2.75) is 45.7 Å². The summed E-state index contributed by atoms with van der Waals surface area (Å²) in [6.45, 7) is 9.21. The van der Waals surface area contributed by atoms with Crippen LogP contribution in [0.1, 0.15) is 39.3 Å². The molecule has 2 rings (SSSR count). The van der Waals surface area contributed by atoms with Crippen molar-refractivity contribution in [3.63, 3.8) is 0 Å².